The Kier molecular flexibility index (Phi) is 4.66. The number of guanidine groups is 1. The van der Waals surface area contributed by atoms with Gasteiger partial charge in [-0.15, -0.1) is 0 Å². The van der Waals surface area contributed by atoms with E-state index >= 15 is 0 Å². The second-order valence-corrected chi connectivity index (χ2v) is 5.94. The molecule has 1 unspecified atom stereocenters. The minimum absolute atomic E-state index is 0.164. The Morgan fingerprint density at radius 3 is 3.00 bits per heavy atom. The molecule has 1 aliphatic rings. The van der Waals surface area contributed by atoms with Gasteiger partial charge in [-0.2, -0.15) is 0 Å². The normalized spacial score (nSPS) is 16.9. The Bertz CT molecular complexity index is 794. The lowest BCUT2D eigenvalue weighted by Gasteiger charge is -2.25. The van der Waals surface area contributed by atoms with Crippen LogP contribution in [0.4, 0.5) is 0 Å². The van der Waals surface area contributed by atoms with E-state index in [9.17, 15) is 4.79 Å². The second kappa shape index (κ2) is 6.88. The zero-order valence-electron chi connectivity index (χ0n) is 13.1. The van der Waals surface area contributed by atoms with Gasteiger partial charge in [0.15, 0.2) is 5.96 Å². The van der Waals surface area contributed by atoms with E-state index < -0.39 is 0 Å². The highest BCUT2D eigenvalue weighted by Gasteiger charge is 2.22. The largest absolute Gasteiger partial charge is 0.493 e. The van der Waals surface area contributed by atoms with E-state index in [1.165, 1.54) is 4.90 Å². The summed E-state index contributed by atoms with van der Waals surface area (Å²) in [4.78, 5) is 20.7. The minimum Gasteiger partial charge on any atom is -0.493 e. The summed E-state index contributed by atoms with van der Waals surface area (Å²) in [7, 11) is 1.57. The number of halogens is 1. The van der Waals surface area contributed by atoms with Crippen molar-refractivity contribution in [3.8, 4) is 16.9 Å². The van der Waals surface area contributed by atoms with E-state index in [0.29, 0.717) is 24.5 Å². The maximum absolute atomic E-state index is 10.8. The molecule has 1 aromatic heterocycles. The molecule has 124 valence electrons. The number of nitrogens with zero attached hydrogens (tertiary/aromatic N) is 3. The van der Waals surface area contributed by atoms with Gasteiger partial charge in [0.25, 0.3) is 0 Å². The Hall–Kier alpha value is -2.60. The summed E-state index contributed by atoms with van der Waals surface area (Å²) >= 11 is 6.02. The number of pyridine rings is 1. The summed E-state index contributed by atoms with van der Waals surface area (Å²) in [5.74, 6) is 0.952. The van der Waals surface area contributed by atoms with Crippen molar-refractivity contribution >= 4 is 24.0 Å². The zero-order chi connectivity index (χ0) is 17.1. The number of fused-ring (bicyclic) bond motifs is 1. The predicted molar refractivity (Wildman–Crippen MR) is 93.0 cm³/mol. The van der Waals surface area contributed by atoms with Crippen LogP contribution in [0.15, 0.2) is 41.7 Å². The smallest absolute Gasteiger partial charge is 0.216 e. The zero-order valence-corrected chi connectivity index (χ0v) is 13.9. The molecular weight excluding hydrogens is 328 g/mol. The van der Waals surface area contributed by atoms with Crippen molar-refractivity contribution in [3.63, 3.8) is 0 Å². The van der Waals surface area contributed by atoms with Crippen LogP contribution in [0.5, 0.6) is 5.75 Å². The van der Waals surface area contributed by atoms with E-state index in [1.807, 2.05) is 24.3 Å². The fraction of sp³-hybridized carbons (Fsp3) is 0.235. The maximum Gasteiger partial charge on any atom is 0.216 e. The van der Waals surface area contributed by atoms with Crippen molar-refractivity contribution in [1.29, 1.82) is 0 Å². The first kappa shape index (κ1) is 16.3. The van der Waals surface area contributed by atoms with Gasteiger partial charge in [0.05, 0.1) is 17.7 Å². The van der Waals surface area contributed by atoms with E-state index in [-0.39, 0.29) is 12.0 Å². The van der Waals surface area contributed by atoms with Crippen molar-refractivity contribution < 1.29 is 9.53 Å². The molecule has 0 saturated carbocycles. The molecule has 1 aromatic carbocycles. The quantitative estimate of drug-likeness (QED) is 0.527. The van der Waals surface area contributed by atoms with Crippen molar-refractivity contribution in [2.45, 2.75) is 12.5 Å². The van der Waals surface area contributed by atoms with Gasteiger partial charge in [0.2, 0.25) is 6.41 Å². The molecule has 0 radical (unpaired) electrons. The fourth-order valence-corrected chi connectivity index (χ4v) is 2.74. The number of carbonyl (C=O) groups is 1. The first-order chi connectivity index (χ1) is 11.6. The SMILES string of the molecule is CN(C=O)C(N)=NC1CCOc2ccc(-c3cncc(Cl)c3)cc21. The molecule has 1 atom stereocenters. The molecule has 2 aromatic rings. The van der Waals surface area contributed by atoms with Crippen LogP contribution in [-0.4, -0.2) is 35.9 Å². The average Bonchev–Trinajstić information content (AvgIpc) is 2.61. The molecule has 1 aliphatic heterocycles. The van der Waals surface area contributed by atoms with Crippen molar-refractivity contribution in [2.75, 3.05) is 13.7 Å². The van der Waals surface area contributed by atoms with E-state index in [0.717, 1.165) is 22.4 Å². The van der Waals surface area contributed by atoms with Crippen LogP contribution in [0.3, 0.4) is 0 Å². The molecule has 2 N–H and O–H groups in total. The van der Waals surface area contributed by atoms with Crippen molar-refractivity contribution in [3.05, 3.63) is 47.2 Å². The third kappa shape index (κ3) is 3.33. The topological polar surface area (TPSA) is 80.8 Å². The third-order valence-corrected chi connectivity index (χ3v) is 4.07. The standard InChI is InChI=1S/C17H17ClN4O2/c1-22(10-23)17(19)21-15-4-5-24-16-3-2-11(7-14(15)16)12-6-13(18)9-20-8-12/h2-3,6-10,15H,4-5H2,1H3,(H2,19,21). The molecule has 0 bridgehead atoms. The van der Waals surface area contributed by atoms with Crippen LogP contribution in [0.1, 0.15) is 18.0 Å². The minimum atomic E-state index is -0.164. The van der Waals surface area contributed by atoms with E-state index in [2.05, 4.69) is 9.98 Å². The summed E-state index contributed by atoms with van der Waals surface area (Å²) in [6.07, 6.45) is 4.67. The molecule has 0 spiro atoms. The first-order valence-corrected chi connectivity index (χ1v) is 7.85. The molecule has 7 heteroatoms. The van der Waals surface area contributed by atoms with Crippen molar-refractivity contribution in [1.82, 2.24) is 9.88 Å². The third-order valence-electron chi connectivity index (χ3n) is 3.86. The van der Waals surface area contributed by atoms with Gasteiger partial charge in [-0.05, 0) is 23.8 Å². The van der Waals surface area contributed by atoms with Gasteiger partial charge in [0, 0.05) is 37.0 Å². The number of aromatic nitrogens is 1. The number of hydrogen-bond acceptors (Lipinski definition) is 4. The number of ether oxygens (including phenoxy) is 1. The molecule has 2 heterocycles. The number of hydrogen-bond donors (Lipinski definition) is 1. The van der Waals surface area contributed by atoms with Gasteiger partial charge in [-0.3, -0.25) is 14.7 Å². The lowest BCUT2D eigenvalue weighted by Crippen LogP contribution is -2.33. The Balaban J connectivity index is 2.00. The molecule has 0 fully saturated rings. The summed E-state index contributed by atoms with van der Waals surface area (Å²) in [6, 6.07) is 7.56. The van der Waals surface area contributed by atoms with E-state index in [4.69, 9.17) is 22.1 Å². The summed E-state index contributed by atoms with van der Waals surface area (Å²) < 4.78 is 5.70. The molecule has 6 nitrogen and oxygen atoms in total. The number of rotatable bonds is 3. The van der Waals surface area contributed by atoms with Crippen LogP contribution in [-0.2, 0) is 4.79 Å². The molecule has 1 amide bonds. The summed E-state index contributed by atoms with van der Waals surface area (Å²) in [6.45, 7) is 0.553. The molecule has 0 saturated heterocycles. The number of aliphatic imine (C=N–C) groups is 1. The Morgan fingerprint density at radius 2 is 2.25 bits per heavy atom. The first-order valence-electron chi connectivity index (χ1n) is 7.47. The average molecular weight is 345 g/mol. The Morgan fingerprint density at radius 1 is 1.42 bits per heavy atom. The highest BCUT2D eigenvalue weighted by Crippen LogP contribution is 2.37. The highest BCUT2D eigenvalue weighted by molar-refractivity contribution is 6.30. The monoisotopic (exact) mass is 344 g/mol. The van der Waals surface area contributed by atoms with Crippen LogP contribution in [0, 0.1) is 0 Å². The lowest BCUT2D eigenvalue weighted by atomic mass is 9.96. The van der Waals surface area contributed by atoms with Crippen LogP contribution >= 0.6 is 11.6 Å². The number of nitrogens with two attached hydrogens (primary N) is 1. The summed E-state index contributed by atoms with van der Waals surface area (Å²) in [5, 5.41) is 0.577. The van der Waals surface area contributed by atoms with E-state index in [1.54, 1.807) is 19.4 Å². The summed E-state index contributed by atoms with van der Waals surface area (Å²) in [5.41, 5.74) is 8.68. The second-order valence-electron chi connectivity index (χ2n) is 5.50. The lowest BCUT2D eigenvalue weighted by molar-refractivity contribution is -0.114. The fourth-order valence-electron chi connectivity index (χ4n) is 2.56. The molecule has 0 aliphatic carbocycles. The highest BCUT2D eigenvalue weighted by atomic mass is 35.5. The molecule has 3 rings (SSSR count). The van der Waals surface area contributed by atoms with Gasteiger partial charge >= 0.3 is 0 Å². The number of carbonyl (C=O) groups excluding carboxylic acids is 1. The van der Waals surface area contributed by atoms with Crippen LogP contribution in [0.25, 0.3) is 11.1 Å². The maximum atomic E-state index is 10.8. The van der Waals surface area contributed by atoms with Gasteiger partial charge in [0.1, 0.15) is 5.75 Å². The molecular formula is C17H17ClN4O2. The Labute approximate surface area is 144 Å². The predicted octanol–water partition coefficient (Wildman–Crippen LogP) is 2.63. The number of amides is 1. The van der Waals surface area contributed by atoms with Gasteiger partial charge in [-0.1, -0.05) is 17.7 Å². The van der Waals surface area contributed by atoms with Gasteiger partial charge in [-0.25, -0.2) is 4.99 Å². The molecule has 24 heavy (non-hydrogen) atoms. The van der Waals surface area contributed by atoms with Crippen molar-refractivity contribution in [2.24, 2.45) is 10.7 Å². The van der Waals surface area contributed by atoms with Crippen LogP contribution < -0.4 is 10.5 Å². The van der Waals surface area contributed by atoms with Gasteiger partial charge < -0.3 is 10.5 Å². The van der Waals surface area contributed by atoms with Crippen LogP contribution in [0.2, 0.25) is 5.02 Å². The number of benzene rings is 1.